The van der Waals surface area contributed by atoms with Crippen molar-refractivity contribution in [2.24, 2.45) is 0 Å². The quantitative estimate of drug-likeness (QED) is 0.714. The summed E-state index contributed by atoms with van der Waals surface area (Å²) in [7, 11) is 1.47. The van der Waals surface area contributed by atoms with Crippen molar-refractivity contribution in [2.45, 2.75) is 6.54 Å². The topological polar surface area (TPSA) is 95.1 Å². The fourth-order valence-corrected chi connectivity index (χ4v) is 2.54. The van der Waals surface area contributed by atoms with Crippen LogP contribution in [0.25, 0.3) is 0 Å². The van der Waals surface area contributed by atoms with Crippen molar-refractivity contribution in [1.29, 1.82) is 0 Å². The zero-order valence-corrected chi connectivity index (χ0v) is 14.5. The van der Waals surface area contributed by atoms with Crippen molar-refractivity contribution in [3.8, 4) is 5.75 Å². The second kappa shape index (κ2) is 7.40. The number of anilines is 2. The smallest absolute Gasteiger partial charge is 0.280 e. The summed E-state index contributed by atoms with van der Waals surface area (Å²) in [6.07, 6.45) is 0. The van der Waals surface area contributed by atoms with Crippen molar-refractivity contribution in [2.75, 3.05) is 18.2 Å². The van der Waals surface area contributed by atoms with Crippen molar-refractivity contribution in [3.05, 3.63) is 64.6 Å². The highest BCUT2D eigenvalue weighted by atomic mass is 35.5. The Balaban J connectivity index is 1.81. The van der Waals surface area contributed by atoms with Gasteiger partial charge in [-0.15, -0.1) is 5.10 Å². The molecule has 0 saturated carbocycles. The van der Waals surface area contributed by atoms with Gasteiger partial charge in [0.15, 0.2) is 11.5 Å². The Bertz CT molecular complexity index is 960. The molecule has 0 spiro atoms. The number of hydrogen-bond donors (Lipinski definition) is 2. The number of methoxy groups -OCH3 is 1. The number of rotatable bonds is 5. The van der Waals surface area contributed by atoms with E-state index < -0.39 is 5.91 Å². The van der Waals surface area contributed by atoms with Crippen LogP contribution in [0.1, 0.15) is 16.1 Å². The van der Waals surface area contributed by atoms with E-state index in [-0.39, 0.29) is 23.9 Å². The number of nitrogens with two attached hydrogens (primary N) is 1. The largest absolute Gasteiger partial charge is 0.495 e. The van der Waals surface area contributed by atoms with Gasteiger partial charge in [0.25, 0.3) is 5.91 Å². The number of amides is 1. The van der Waals surface area contributed by atoms with E-state index >= 15 is 0 Å². The van der Waals surface area contributed by atoms with Crippen LogP contribution in [-0.4, -0.2) is 28.0 Å². The summed E-state index contributed by atoms with van der Waals surface area (Å²) in [6, 6.07) is 10.8. The molecule has 0 bridgehead atoms. The molecule has 0 fully saturated rings. The van der Waals surface area contributed by atoms with Gasteiger partial charge in [-0.1, -0.05) is 28.9 Å². The Morgan fingerprint density at radius 3 is 2.88 bits per heavy atom. The van der Waals surface area contributed by atoms with E-state index in [1.165, 1.54) is 23.9 Å². The van der Waals surface area contributed by atoms with Crippen LogP contribution >= 0.6 is 11.6 Å². The fraction of sp³-hybridized carbons (Fsp3) is 0.118. The average Bonchev–Trinajstić information content (AvgIpc) is 2.96. The molecule has 3 aromatic rings. The molecule has 1 amide bonds. The highest BCUT2D eigenvalue weighted by molar-refractivity contribution is 6.31. The molecule has 9 heteroatoms. The summed E-state index contributed by atoms with van der Waals surface area (Å²) >= 11 is 5.95. The van der Waals surface area contributed by atoms with Crippen LogP contribution in [0.4, 0.5) is 15.9 Å². The number of carbonyl (C=O) groups excluding carboxylic acids is 1. The number of halogens is 2. The fourth-order valence-electron chi connectivity index (χ4n) is 2.37. The van der Waals surface area contributed by atoms with Crippen molar-refractivity contribution in [1.82, 2.24) is 15.0 Å². The Kier molecular flexibility index (Phi) is 5.04. The van der Waals surface area contributed by atoms with Gasteiger partial charge < -0.3 is 15.8 Å². The van der Waals surface area contributed by atoms with E-state index in [1.807, 2.05) is 0 Å². The lowest BCUT2D eigenvalue weighted by Gasteiger charge is -2.10. The van der Waals surface area contributed by atoms with Gasteiger partial charge in [-0.05, 0) is 35.9 Å². The zero-order chi connectivity index (χ0) is 18.7. The third-order valence-electron chi connectivity index (χ3n) is 3.62. The molecule has 0 aliphatic heterocycles. The summed E-state index contributed by atoms with van der Waals surface area (Å²) in [4.78, 5) is 12.5. The molecular formula is C17H15ClFN5O2. The maximum Gasteiger partial charge on any atom is 0.280 e. The van der Waals surface area contributed by atoms with E-state index in [1.54, 1.807) is 30.3 Å². The third kappa shape index (κ3) is 3.75. The molecule has 1 aromatic heterocycles. The van der Waals surface area contributed by atoms with Gasteiger partial charge in [0.1, 0.15) is 11.6 Å². The van der Waals surface area contributed by atoms with E-state index in [4.69, 9.17) is 22.1 Å². The second-order valence-corrected chi connectivity index (χ2v) is 5.85. The first-order valence-electron chi connectivity index (χ1n) is 7.56. The summed E-state index contributed by atoms with van der Waals surface area (Å²) in [5, 5.41) is 10.8. The average molecular weight is 376 g/mol. The monoisotopic (exact) mass is 375 g/mol. The number of ether oxygens (including phenoxy) is 1. The minimum atomic E-state index is -0.562. The van der Waals surface area contributed by atoms with E-state index in [0.29, 0.717) is 22.0 Å². The van der Waals surface area contributed by atoms with Gasteiger partial charge >= 0.3 is 0 Å². The summed E-state index contributed by atoms with van der Waals surface area (Å²) in [6.45, 7) is 0.185. The van der Waals surface area contributed by atoms with Crippen LogP contribution in [0.5, 0.6) is 5.75 Å². The molecule has 0 aliphatic carbocycles. The zero-order valence-electron chi connectivity index (χ0n) is 13.7. The number of nitrogens with zero attached hydrogens (tertiary/aromatic N) is 3. The molecule has 0 radical (unpaired) electrons. The van der Waals surface area contributed by atoms with Crippen LogP contribution < -0.4 is 15.8 Å². The third-order valence-corrected chi connectivity index (χ3v) is 3.85. The van der Waals surface area contributed by atoms with Crippen molar-refractivity contribution >= 4 is 29.0 Å². The minimum absolute atomic E-state index is 0.0524. The highest BCUT2D eigenvalue weighted by Gasteiger charge is 2.19. The SMILES string of the molecule is COc1ccc(Cl)cc1NC(=O)c1nnn(Cc2cccc(F)c2)c1N. The molecule has 0 aliphatic rings. The minimum Gasteiger partial charge on any atom is -0.495 e. The molecule has 0 unspecified atom stereocenters. The van der Waals surface area contributed by atoms with Crippen LogP contribution in [0.3, 0.4) is 0 Å². The van der Waals surface area contributed by atoms with Crippen molar-refractivity contribution < 1.29 is 13.9 Å². The Hall–Kier alpha value is -3.13. The van der Waals surface area contributed by atoms with Gasteiger partial charge in [-0.3, -0.25) is 4.79 Å². The number of benzene rings is 2. The Labute approximate surface area is 153 Å². The second-order valence-electron chi connectivity index (χ2n) is 5.41. The van der Waals surface area contributed by atoms with Crippen LogP contribution in [0, 0.1) is 5.82 Å². The lowest BCUT2D eigenvalue weighted by Crippen LogP contribution is -2.16. The molecule has 0 atom stereocenters. The lowest BCUT2D eigenvalue weighted by molar-refractivity contribution is 0.102. The number of hydrogen-bond acceptors (Lipinski definition) is 5. The molecule has 3 N–H and O–H groups in total. The van der Waals surface area contributed by atoms with E-state index in [2.05, 4.69) is 15.6 Å². The maximum atomic E-state index is 13.3. The molecular weight excluding hydrogens is 361 g/mol. The summed E-state index contributed by atoms with van der Waals surface area (Å²) < 4.78 is 19.8. The molecule has 134 valence electrons. The predicted octanol–water partition coefficient (Wildman–Crippen LogP) is 2.96. The Morgan fingerprint density at radius 2 is 2.15 bits per heavy atom. The predicted molar refractivity (Wildman–Crippen MR) is 95.9 cm³/mol. The van der Waals surface area contributed by atoms with E-state index in [0.717, 1.165) is 0 Å². The number of aromatic nitrogens is 3. The van der Waals surface area contributed by atoms with Gasteiger partial charge in [-0.25, -0.2) is 9.07 Å². The summed E-state index contributed by atoms with van der Waals surface area (Å²) in [5.41, 5.74) is 6.94. The molecule has 7 nitrogen and oxygen atoms in total. The number of nitrogens with one attached hydrogen (secondary N) is 1. The molecule has 1 heterocycles. The van der Waals surface area contributed by atoms with Crippen LogP contribution in [0.2, 0.25) is 5.02 Å². The first-order chi connectivity index (χ1) is 12.5. The molecule has 26 heavy (non-hydrogen) atoms. The molecule has 3 rings (SSSR count). The molecule has 0 saturated heterocycles. The highest BCUT2D eigenvalue weighted by Crippen LogP contribution is 2.28. The van der Waals surface area contributed by atoms with Gasteiger partial charge in [-0.2, -0.15) is 0 Å². The van der Waals surface area contributed by atoms with Crippen LogP contribution in [0.15, 0.2) is 42.5 Å². The Morgan fingerprint density at radius 1 is 1.35 bits per heavy atom. The number of nitrogen functional groups attached to an aromatic ring is 1. The normalized spacial score (nSPS) is 10.6. The van der Waals surface area contributed by atoms with Crippen molar-refractivity contribution in [3.63, 3.8) is 0 Å². The van der Waals surface area contributed by atoms with Gasteiger partial charge in [0, 0.05) is 5.02 Å². The van der Waals surface area contributed by atoms with Gasteiger partial charge in [0.05, 0.1) is 19.3 Å². The van der Waals surface area contributed by atoms with Gasteiger partial charge in [0.2, 0.25) is 0 Å². The van der Waals surface area contributed by atoms with E-state index in [9.17, 15) is 9.18 Å². The first-order valence-corrected chi connectivity index (χ1v) is 7.94. The molecule has 2 aromatic carbocycles. The maximum absolute atomic E-state index is 13.3. The first kappa shape index (κ1) is 17.7. The standard InChI is InChI=1S/C17H15ClFN5O2/c1-26-14-6-5-11(18)8-13(14)21-17(25)15-16(20)24(23-22-15)9-10-3-2-4-12(19)7-10/h2-8H,9,20H2,1H3,(H,21,25). The number of carbonyl (C=O) groups is 1. The lowest BCUT2D eigenvalue weighted by atomic mass is 10.2. The summed E-state index contributed by atoms with van der Waals surface area (Å²) in [5.74, 6) is -0.429. The van der Waals surface area contributed by atoms with Crippen LogP contribution in [-0.2, 0) is 6.54 Å².